The Kier molecular flexibility index (Phi) is 7.99. The van der Waals surface area contributed by atoms with Crippen molar-refractivity contribution in [3.8, 4) is 6.57 Å². The fraction of sp³-hybridized carbons (Fsp3) is 0.517. The van der Waals surface area contributed by atoms with Crippen molar-refractivity contribution in [3.63, 3.8) is 0 Å². The Labute approximate surface area is 231 Å². The van der Waals surface area contributed by atoms with Crippen LogP contribution >= 0.6 is 0 Å². The van der Waals surface area contributed by atoms with E-state index in [-0.39, 0.29) is 17.3 Å². The molecule has 0 unspecified atom stereocenters. The van der Waals surface area contributed by atoms with Crippen molar-refractivity contribution in [1.82, 2.24) is 19.4 Å². The van der Waals surface area contributed by atoms with E-state index in [1.165, 1.54) is 6.07 Å². The number of nitrogens with zero attached hydrogens (tertiary/aromatic N) is 5. The topological polar surface area (TPSA) is 76.6 Å². The molecular formula is C29H34F3N6O2+. The first-order valence-electron chi connectivity index (χ1n) is 13.8. The lowest BCUT2D eigenvalue weighted by molar-refractivity contribution is -0.147. The molecule has 0 aliphatic carbocycles. The number of halogens is 3. The molecule has 11 heteroatoms. The molecule has 1 amide bonds. The summed E-state index contributed by atoms with van der Waals surface area (Å²) in [6.07, 6.45) is 0.598. The highest BCUT2D eigenvalue weighted by molar-refractivity contribution is 5.97. The van der Waals surface area contributed by atoms with E-state index in [0.717, 1.165) is 42.7 Å². The zero-order valence-corrected chi connectivity index (χ0v) is 22.7. The van der Waals surface area contributed by atoms with Crippen LogP contribution in [0, 0.1) is 12.5 Å². The number of fused-ring (bicyclic) bond motifs is 1. The number of hydrogen-bond donors (Lipinski definition) is 1. The van der Waals surface area contributed by atoms with Crippen molar-refractivity contribution in [1.29, 1.82) is 0 Å². The van der Waals surface area contributed by atoms with Gasteiger partial charge in [0.05, 0.1) is 16.6 Å². The Balaban J connectivity index is 1.28. The summed E-state index contributed by atoms with van der Waals surface area (Å²) in [5.74, 6) is 0.152. The van der Waals surface area contributed by atoms with Gasteiger partial charge in [0, 0.05) is 50.7 Å². The molecule has 40 heavy (non-hydrogen) atoms. The zero-order chi connectivity index (χ0) is 28.4. The fourth-order valence-electron chi connectivity index (χ4n) is 5.79. The second kappa shape index (κ2) is 11.5. The third-order valence-electron chi connectivity index (χ3n) is 7.91. The van der Waals surface area contributed by atoms with E-state index >= 15 is 0 Å². The van der Waals surface area contributed by atoms with Gasteiger partial charge in [-0.25, -0.2) is 9.97 Å². The number of alkyl halides is 3. The lowest BCUT2D eigenvalue weighted by atomic mass is 9.88. The molecule has 0 radical (unpaired) electrons. The summed E-state index contributed by atoms with van der Waals surface area (Å²) in [5.41, 5.74) is 2.49. The van der Waals surface area contributed by atoms with Gasteiger partial charge in [0.15, 0.2) is 0 Å². The van der Waals surface area contributed by atoms with Gasteiger partial charge >= 0.3 is 11.9 Å². The lowest BCUT2D eigenvalue weighted by Gasteiger charge is -2.32. The average Bonchev–Trinajstić information content (AvgIpc) is 3.36. The number of nitrogens with one attached hydrogen (secondary N) is 1. The number of rotatable bonds is 6. The van der Waals surface area contributed by atoms with E-state index in [2.05, 4.69) is 20.1 Å². The van der Waals surface area contributed by atoms with E-state index in [0.29, 0.717) is 54.4 Å². The van der Waals surface area contributed by atoms with Gasteiger partial charge in [-0.2, -0.15) is 13.2 Å². The predicted octanol–water partition coefficient (Wildman–Crippen LogP) is 6.48. The van der Waals surface area contributed by atoms with E-state index in [4.69, 9.17) is 11.3 Å². The molecular weight excluding hydrogens is 521 g/mol. The summed E-state index contributed by atoms with van der Waals surface area (Å²) < 4.78 is 47.4. The Morgan fingerprint density at radius 2 is 1.90 bits per heavy atom. The number of imidazole rings is 1. The van der Waals surface area contributed by atoms with E-state index in [9.17, 15) is 18.0 Å². The molecule has 0 atom stereocenters. The Morgan fingerprint density at radius 3 is 2.55 bits per heavy atom. The van der Waals surface area contributed by atoms with Crippen LogP contribution in [0.25, 0.3) is 15.9 Å². The van der Waals surface area contributed by atoms with Gasteiger partial charge in [-0.3, -0.25) is 4.79 Å². The molecule has 1 N–H and O–H groups in total. The number of aromatic nitrogens is 3. The van der Waals surface area contributed by atoms with Gasteiger partial charge in [0.25, 0.3) is 12.5 Å². The molecule has 3 aromatic rings. The highest BCUT2D eigenvalue weighted by Gasteiger charge is 2.38. The predicted molar refractivity (Wildman–Crippen MR) is 147 cm³/mol. The van der Waals surface area contributed by atoms with Crippen molar-refractivity contribution >= 4 is 28.4 Å². The standard InChI is InChI=1S/C29H34F3N6O2/c1-18(2)38-24-5-4-21(16-23(24)36-28(38)29(30,31)32)27(39)37-12-7-20(8-13-37)22-6-11-34-26(25(22)33-3)35-17-19-9-14-40-15-10-19/h3-6,11,16,18-20H,7-10,12-15,17H2,1-2H3,(H,34,35)/q+1. The molecule has 4 heterocycles. The average molecular weight is 556 g/mol. The molecule has 0 bridgehead atoms. The maximum absolute atomic E-state index is 13.6. The summed E-state index contributed by atoms with van der Waals surface area (Å²) in [6, 6.07) is 6.10. The number of ether oxygens (including phenoxy) is 1. The number of likely N-dealkylation sites (tertiary alicyclic amines) is 1. The van der Waals surface area contributed by atoms with Gasteiger partial charge in [-0.1, -0.05) is 0 Å². The molecule has 2 aliphatic rings. The van der Waals surface area contributed by atoms with Crippen LogP contribution in [0.5, 0.6) is 0 Å². The highest BCUT2D eigenvalue weighted by Crippen LogP contribution is 2.39. The van der Waals surface area contributed by atoms with Crippen LogP contribution in [-0.2, 0) is 10.9 Å². The van der Waals surface area contributed by atoms with Crippen LogP contribution in [0.15, 0.2) is 30.5 Å². The SMILES string of the molecule is C#[N+]c1c(C2CCN(C(=O)c3ccc4c(c3)nc(C(F)(F)F)n4C(C)C)CC2)ccnc1NCC1CCOCC1. The minimum Gasteiger partial charge on any atom is -0.381 e. The summed E-state index contributed by atoms with van der Waals surface area (Å²) in [7, 11) is 0. The summed E-state index contributed by atoms with van der Waals surface area (Å²) >= 11 is 0. The minimum absolute atomic E-state index is 0.150. The zero-order valence-electron chi connectivity index (χ0n) is 22.7. The molecule has 2 aromatic heterocycles. The summed E-state index contributed by atoms with van der Waals surface area (Å²) in [6.45, 7) is 12.5. The largest absolute Gasteiger partial charge is 0.449 e. The molecule has 0 spiro atoms. The molecule has 5 rings (SSSR count). The quantitative estimate of drug-likeness (QED) is 0.377. The molecule has 2 aliphatic heterocycles. The van der Waals surface area contributed by atoms with Gasteiger partial charge in [-0.15, -0.1) is 0 Å². The molecule has 2 fully saturated rings. The van der Waals surface area contributed by atoms with Crippen molar-refractivity contribution in [2.45, 2.75) is 57.7 Å². The Bertz CT molecular complexity index is 1410. The van der Waals surface area contributed by atoms with Crippen LogP contribution in [0.3, 0.4) is 0 Å². The van der Waals surface area contributed by atoms with Crippen LogP contribution in [0.1, 0.15) is 73.2 Å². The van der Waals surface area contributed by atoms with Crippen molar-refractivity contribution < 1.29 is 22.7 Å². The smallest absolute Gasteiger partial charge is 0.381 e. The van der Waals surface area contributed by atoms with Crippen molar-refractivity contribution in [2.75, 3.05) is 38.2 Å². The molecule has 0 saturated carbocycles. The first-order valence-corrected chi connectivity index (χ1v) is 13.8. The van der Waals surface area contributed by atoms with E-state index in [1.54, 1.807) is 37.1 Å². The third-order valence-corrected chi connectivity index (χ3v) is 7.91. The lowest BCUT2D eigenvalue weighted by Crippen LogP contribution is -2.38. The molecule has 1 aromatic carbocycles. The van der Waals surface area contributed by atoms with Gasteiger partial charge in [0.2, 0.25) is 11.6 Å². The maximum atomic E-state index is 13.6. The number of amides is 1. The number of piperidine rings is 1. The van der Waals surface area contributed by atoms with E-state index < -0.39 is 18.0 Å². The monoisotopic (exact) mass is 555 g/mol. The maximum Gasteiger partial charge on any atom is 0.449 e. The van der Waals surface area contributed by atoms with Gasteiger partial charge in [0.1, 0.15) is 0 Å². The Hall–Kier alpha value is -3.65. The van der Waals surface area contributed by atoms with Crippen LogP contribution in [0.4, 0.5) is 24.7 Å². The van der Waals surface area contributed by atoms with Gasteiger partial charge in [-0.05, 0) is 80.5 Å². The normalized spacial score (nSPS) is 17.4. The highest BCUT2D eigenvalue weighted by atomic mass is 19.4. The minimum atomic E-state index is -4.59. The van der Waals surface area contributed by atoms with Crippen LogP contribution in [-0.4, -0.2) is 58.2 Å². The number of benzene rings is 1. The van der Waals surface area contributed by atoms with Gasteiger partial charge < -0.3 is 19.5 Å². The van der Waals surface area contributed by atoms with Crippen LogP contribution < -0.4 is 5.32 Å². The number of pyridine rings is 1. The molecule has 8 nitrogen and oxygen atoms in total. The number of carbonyl (C=O) groups is 1. The summed E-state index contributed by atoms with van der Waals surface area (Å²) in [5, 5.41) is 3.42. The van der Waals surface area contributed by atoms with E-state index in [1.807, 2.05) is 6.07 Å². The third kappa shape index (κ3) is 5.63. The second-order valence-electron chi connectivity index (χ2n) is 10.8. The van der Waals surface area contributed by atoms with Crippen molar-refractivity contribution in [2.24, 2.45) is 5.92 Å². The first-order chi connectivity index (χ1) is 19.2. The molecule has 2 saturated heterocycles. The second-order valence-corrected chi connectivity index (χ2v) is 10.8. The summed E-state index contributed by atoms with van der Waals surface area (Å²) in [4.78, 5) is 27.4. The molecule has 212 valence electrons. The first kappa shape index (κ1) is 27.9. The fourth-order valence-corrected chi connectivity index (χ4v) is 5.79. The number of hydrogen-bond acceptors (Lipinski definition) is 5. The number of anilines is 1. The number of carbonyl (C=O) groups excluding carboxylic acids is 1. The van der Waals surface area contributed by atoms with Crippen molar-refractivity contribution in [3.05, 3.63) is 52.3 Å². The van der Waals surface area contributed by atoms with Crippen LogP contribution in [0.2, 0.25) is 0 Å². The Morgan fingerprint density at radius 1 is 1.18 bits per heavy atom.